The van der Waals surface area contributed by atoms with Crippen LogP contribution in [-0.4, -0.2) is 28.8 Å². The average molecular weight is 444 g/mol. The largest absolute Gasteiger partial charge is 0.489 e. The van der Waals surface area contributed by atoms with Gasteiger partial charge in [0.05, 0.1) is 24.0 Å². The molecule has 168 valence electrons. The van der Waals surface area contributed by atoms with Crippen LogP contribution in [0.2, 0.25) is 0 Å². The highest BCUT2D eigenvalue weighted by atomic mass is 16.5. The molecule has 3 heterocycles. The first-order chi connectivity index (χ1) is 16.3. The van der Waals surface area contributed by atoms with Crippen molar-refractivity contribution >= 4 is 21.8 Å². The van der Waals surface area contributed by atoms with E-state index in [1.54, 1.807) is 7.11 Å². The third kappa shape index (κ3) is 4.33. The zero-order chi connectivity index (χ0) is 22.6. The molecule has 0 aliphatic carbocycles. The molecule has 0 aliphatic rings. The monoisotopic (exact) mass is 443 g/mol. The van der Waals surface area contributed by atoms with Crippen LogP contribution in [0.15, 0.2) is 65.3 Å². The summed E-state index contributed by atoms with van der Waals surface area (Å²) in [5.41, 5.74) is 5.39. The van der Waals surface area contributed by atoms with E-state index in [1.807, 2.05) is 49.5 Å². The Kier molecular flexibility index (Phi) is 6.06. The molecule has 0 saturated carbocycles. The minimum absolute atomic E-state index is 0.376. The lowest BCUT2D eigenvalue weighted by Gasteiger charge is -2.09. The predicted octanol–water partition coefficient (Wildman–Crippen LogP) is 5.63. The minimum atomic E-state index is 0.376. The lowest BCUT2D eigenvalue weighted by atomic mass is 10.0. The van der Waals surface area contributed by atoms with Gasteiger partial charge >= 0.3 is 0 Å². The summed E-state index contributed by atoms with van der Waals surface area (Å²) in [7, 11) is 1.68. The molecule has 7 nitrogen and oxygen atoms in total. The van der Waals surface area contributed by atoms with Crippen molar-refractivity contribution in [1.82, 2.24) is 15.1 Å². The average Bonchev–Trinajstić information content (AvgIpc) is 3.47. The van der Waals surface area contributed by atoms with Crippen molar-refractivity contribution in [3.63, 3.8) is 0 Å². The summed E-state index contributed by atoms with van der Waals surface area (Å²) in [6.45, 7) is 3.82. The van der Waals surface area contributed by atoms with Gasteiger partial charge in [0, 0.05) is 41.6 Å². The van der Waals surface area contributed by atoms with E-state index in [9.17, 15) is 0 Å². The summed E-state index contributed by atoms with van der Waals surface area (Å²) in [5.74, 6) is 1.46. The van der Waals surface area contributed by atoms with Gasteiger partial charge in [0.25, 0.3) is 0 Å². The number of hydrogen-bond acceptors (Lipinski definition) is 6. The fourth-order valence-electron chi connectivity index (χ4n) is 3.97. The summed E-state index contributed by atoms with van der Waals surface area (Å²) >= 11 is 0. The molecule has 3 aromatic heterocycles. The molecule has 0 spiro atoms. The summed E-state index contributed by atoms with van der Waals surface area (Å²) in [6, 6.07) is 18.1. The Morgan fingerprint density at radius 1 is 0.970 bits per heavy atom. The summed E-state index contributed by atoms with van der Waals surface area (Å²) in [6.07, 6.45) is 1.82. The number of fused-ring (bicyclic) bond motifs is 3. The number of aromatic nitrogens is 3. The number of methoxy groups -OCH3 is 1. The van der Waals surface area contributed by atoms with Gasteiger partial charge in [0.2, 0.25) is 0 Å². The van der Waals surface area contributed by atoms with Gasteiger partial charge < -0.3 is 23.7 Å². The summed E-state index contributed by atoms with van der Waals surface area (Å²) in [4.78, 5) is 8.13. The molecule has 0 atom stereocenters. The molecule has 7 heteroatoms. The van der Waals surface area contributed by atoms with Crippen LogP contribution in [0.5, 0.6) is 5.75 Å². The van der Waals surface area contributed by atoms with E-state index < -0.39 is 0 Å². The molecule has 0 bridgehead atoms. The molecule has 5 aromatic rings. The summed E-state index contributed by atoms with van der Waals surface area (Å²) in [5, 5.41) is 6.31. The summed E-state index contributed by atoms with van der Waals surface area (Å²) < 4.78 is 22.5. The second-order valence-electron chi connectivity index (χ2n) is 7.73. The molecule has 0 saturated heterocycles. The zero-order valence-corrected chi connectivity index (χ0v) is 18.6. The fourth-order valence-corrected chi connectivity index (χ4v) is 3.97. The highest BCUT2D eigenvalue weighted by molar-refractivity contribution is 6.10. The highest BCUT2D eigenvalue weighted by Gasteiger charge is 2.19. The van der Waals surface area contributed by atoms with E-state index in [1.165, 1.54) is 0 Å². The van der Waals surface area contributed by atoms with Gasteiger partial charge in [-0.15, -0.1) is 0 Å². The fraction of sp³-hybridized carbons (Fsp3) is 0.231. The van der Waals surface area contributed by atoms with E-state index in [4.69, 9.17) is 18.7 Å². The molecule has 5 rings (SSSR count). The first-order valence-corrected chi connectivity index (χ1v) is 10.9. The number of nitrogens with one attached hydrogen (secondary N) is 1. The molecule has 33 heavy (non-hydrogen) atoms. The van der Waals surface area contributed by atoms with Crippen LogP contribution >= 0.6 is 0 Å². The normalized spacial score (nSPS) is 11.5. The van der Waals surface area contributed by atoms with Crippen LogP contribution in [0.3, 0.4) is 0 Å². The van der Waals surface area contributed by atoms with Gasteiger partial charge in [-0.1, -0.05) is 35.5 Å². The van der Waals surface area contributed by atoms with Crippen LogP contribution in [0.25, 0.3) is 33.2 Å². The second-order valence-corrected chi connectivity index (χ2v) is 7.73. The van der Waals surface area contributed by atoms with Gasteiger partial charge in [-0.05, 0) is 30.7 Å². The van der Waals surface area contributed by atoms with E-state index in [0.29, 0.717) is 37.9 Å². The molecule has 0 radical (unpaired) electrons. The first-order valence-electron chi connectivity index (χ1n) is 10.9. The van der Waals surface area contributed by atoms with E-state index in [0.717, 1.165) is 44.4 Å². The molecule has 1 N–H and O–H groups in total. The van der Waals surface area contributed by atoms with Crippen molar-refractivity contribution in [2.45, 2.75) is 26.7 Å². The standard InChI is InChI=1S/C26H25N3O4/c1-3-31-15-19-12-23(29-33-19)26-21(16-30-2)25-20-11-18(32-14-17-7-5-4-6-8-17)9-10-22(20)28-24(25)13-27-26/h4-13,28H,3,14-16H2,1-2H3. The van der Waals surface area contributed by atoms with Crippen molar-refractivity contribution in [1.29, 1.82) is 0 Å². The number of nitrogens with zero attached hydrogens (tertiary/aromatic N) is 2. The zero-order valence-electron chi connectivity index (χ0n) is 18.6. The lowest BCUT2D eigenvalue weighted by Crippen LogP contribution is -1.97. The maximum absolute atomic E-state index is 6.07. The molecule has 0 unspecified atom stereocenters. The lowest BCUT2D eigenvalue weighted by molar-refractivity contribution is 0.112. The maximum Gasteiger partial charge on any atom is 0.163 e. The Morgan fingerprint density at radius 2 is 1.85 bits per heavy atom. The Bertz CT molecular complexity index is 1370. The number of benzene rings is 2. The third-order valence-electron chi connectivity index (χ3n) is 5.50. The topological polar surface area (TPSA) is 82.4 Å². The minimum Gasteiger partial charge on any atom is -0.489 e. The van der Waals surface area contributed by atoms with Crippen molar-refractivity contribution in [2.75, 3.05) is 13.7 Å². The SMILES string of the molecule is CCOCc1cc(-c2ncc3[nH]c4ccc(OCc5ccccc5)cc4c3c2COC)no1. The van der Waals surface area contributed by atoms with Crippen molar-refractivity contribution in [3.8, 4) is 17.1 Å². The van der Waals surface area contributed by atoms with Gasteiger partial charge in [0.15, 0.2) is 5.76 Å². The smallest absolute Gasteiger partial charge is 0.163 e. The molecule has 0 fully saturated rings. The van der Waals surface area contributed by atoms with E-state index >= 15 is 0 Å². The Hall–Kier alpha value is -3.68. The van der Waals surface area contributed by atoms with Crippen molar-refractivity contribution < 1.29 is 18.7 Å². The predicted molar refractivity (Wildman–Crippen MR) is 126 cm³/mol. The van der Waals surface area contributed by atoms with Gasteiger partial charge in [-0.3, -0.25) is 4.98 Å². The van der Waals surface area contributed by atoms with E-state index in [2.05, 4.69) is 33.3 Å². The number of hydrogen-bond donors (Lipinski definition) is 1. The van der Waals surface area contributed by atoms with Gasteiger partial charge in [0.1, 0.15) is 24.7 Å². The van der Waals surface area contributed by atoms with Gasteiger partial charge in [-0.25, -0.2) is 0 Å². The van der Waals surface area contributed by atoms with E-state index in [-0.39, 0.29) is 0 Å². The maximum atomic E-state index is 6.07. The Morgan fingerprint density at radius 3 is 2.67 bits per heavy atom. The van der Waals surface area contributed by atoms with Crippen LogP contribution < -0.4 is 4.74 Å². The third-order valence-corrected chi connectivity index (χ3v) is 5.50. The number of aromatic amines is 1. The molecule has 2 aromatic carbocycles. The molecular formula is C26H25N3O4. The van der Waals surface area contributed by atoms with Crippen LogP contribution in [0, 0.1) is 0 Å². The van der Waals surface area contributed by atoms with Crippen LogP contribution in [-0.2, 0) is 29.3 Å². The van der Waals surface area contributed by atoms with Crippen LogP contribution in [0.4, 0.5) is 0 Å². The van der Waals surface area contributed by atoms with Gasteiger partial charge in [-0.2, -0.15) is 0 Å². The Labute approximate surface area is 191 Å². The highest BCUT2D eigenvalue weighted by Crippen LogP contribution is 2.35. The quantitative estimate of drug-likeness (QED) is 0.318. The van der Waals surface area contributed by atoms with Crippen molar-refractivity contribution in [2.24, 2.45) is 0 Å². The molecular weight excluding hydrogens is 418 g/mol. The molecule has 0 amide bonds. The number of H-pyrrole nitrogens is 1. The second kappa shape index (κ2) is 9.44. The molecule has 0 aliphatic heterocycles. The first kappa shape index (κ1) is 21.2. The number of rotatable bonds is 9. The number of ether oxygens (including phenoxy) is 3. The Balaban J connectivity index is 1.56. The number of pyridine rings is 1. The van der Waals surface area contributed by atoms with Crippen molar-refractivity contribution in [3.05, 3.63) is 77.7 Å². The van der Waals surface area contributed by atoms with Crippen LogP contribution in [0.1, 0.15) is 23.8 Å².